The van der Waals surface area contributed by atoms with Gasteiger partial charge in [0.15, 0.2) is 0 Å². The van der Waals surface area contributed by atoms with Gasteiger partial charge in [0.05, 0.1) is 0 Å². The average molecular weight is 327 g/mol. The van der Waals surface area contributed by atoms with Crippen molar-refractivity contribution in [2.75, 3.05) is 0 Å². The van der Waals surface area contributed by atoms with E-state index in [-0.39, 0.29) is 107 Å². The number of rotatable bonds is 0. The highest BCUT2D eigenvalue weighted by atomic mass is 35.5. The summed E-state index contributed by atoms with van der Waals surface area (Å²) in [5.41, 5.74) is 0. The van der Waals surface area contributed by atoms with Crippen LogP contribution in [0.1, 0.15) is 0 Å². The van der Waals surface area contributed by atoms with Gasteiger partial charge in [-0.25, -0.2) is 0 Å². The first-order valence-electron chi connectivity index (χ1n) is 0. The molecule has 0 fully saturated rings. The smallest absolute Gasteiger partial charge is 0.147 e. The van der Waals surface area contributed by atoms with Gasteiger partial charge in [-0.2, -0.15) is 0 Å². The molecule has 0 spiro atoms. The fourth-order valence-electron chi connectivity index (χ4n) is 0. The molecule has 0 aliphatic rings. The molecule has 12 N–H and O–H groups in total. The van der Waals surface area contributed by atoms with Crippen molar-refractivity contribution in [3.8, 4) is 0 Å². The molecule has 0 rings (SSSR count). The van der Waals surface area contributed by atoms with Crippen molar-refractivity contribution < 1.29 is 32.9 Å². The largest absolute Gasteiger partial charge is 0.412 e. The van der Waals surface area contributed by atoms with Crippen molar-refractivity contribution in [3.05, 3.63) is 0 Å². The van der Waals surface area contributed by atoms with Gasteiger partial charge in [0.1, 0.15) is 0 Å². The van der Waals surface area contributed by atoms with Crippen molar-refractivity contribution in [1.29, 1.82) is 0 Å². The first kappa shape index (κ1) is 938. The maximum Gasteiger partial charge on any atom is -0.147 e. The second-order valence-electron chi connectivity index (χ2n) is 0. The summed E-state index contributed by atoms with van der Waals surface area (Å²) < 4.78 is 0. The molecular weight excluding hydrogens is 309 g/mol. The summed E-state index contributed by atoms with van der Waals surface area (Å²) in [5.74, 6) is 0. The van der Waals surface area contributed by atoms with Gasteiger partial charge in [-0.1, -0.05) is 0 Å². The Bertz CT molecular complexity index is 12.0. The van der Waals surface area contributed by atoms with Crippen LogP contribution in [0.5, 0.6) is 0 Å². The summed E-state index contributed by atoms with van der Waals surface area (Å²) in [6, 6.07) is 0. The maximum atomic E-state index is 0. The second-order valence-corrected chi connectivity index (χ2v) is 0. The molecule has 96 valence electrons. The van der Waals surface area contributed by atoms with Crippen LogP contribution in [0.15, 0.2) is 0 Å². The zero-order valence-corrected chi connectivity index (χ0v) is 10.3. The summed E-state index contributed by atoms with van der Waals surface area (Å²) in [7, 11) is 0. The molecule has 12 heavy (non-hydrogen) atoms. The molecule has 0 aromatic carbocycles. The Labute approximate surface area is 107 Å². The van der Waals surface area contributed by atoms with E-state index in [1.165, 1.54) is 0 Å². The topological polar surface area (TPSA) is 189 Å². The van der Waals surface area contributed by atoms with E-state index in [2.05, 4.69) is 0 Å². The van der Waals surface area contributed by atoms with E-state index < -0.39 is 0 Å². The van der Waals surface area contributed by atoms with Gasteiger partial charge in [0.2, 0.25) is 0 Å². The Hall–Kier alpha value is 1.50. The van der Waals surface area contributed by atoms with Crippen LogP contribution < -0.4 is 0 Å². The highest BCUT2D eigenvalue weighted by Crippen LogP contribution is 0.695. The van der Waals surface area contributed by atoms with E-state index in [0.717, 1.165) is 0 Å². The summed E-state index contributed by atoms with van der Waals surface area (Å²) in [6.45, 7) is 0. The normalized spacial score (nSPS) is 0. The molecule has 0 heterocycles. The van der Waals surface area contributed by atoms with Gasteiger partial charge in [-0.3, -0.25) is 0 Å². The van der Waals surface area contributed by atoms with E-state index in [9.17, 15) is 0 Å². The van der Waals surface area contributed by atoms with Crippen molar-refractivity contribution >= 4 is 74.4 Å². The van der Waals surface area contributed by atoms with Gasteiger partial charge in [0, 0.05) is 0 Å². The summed E-state index contributed by atoms with van der Waals surface area (Å²) in [5, 5.41) is 0. The molecule has 0 radical (unpaired) electrons. The van der Waals surface area contributed by atoms with Crippen LogP contribution in [0.25, 0.3) is 0 Å². The molecule has 12 heteroatoms. The molecule has 0 saturated heterocycles. The van der Waals surface area contributed by atoms with Crippen molar-refractivity contribution in [2.24, 2.45) is 0 Å². The number of hydrogen-bond acceptors (Lipinski definition) is 0. The number of hydrogen-bond donors (Lipinski definition) is 0. The molecule has 0 bridgehead atoms. The predicted molar refractivity (Wildman–Crippen MR) is 65.2 cm³/mol. The minimum absolute atomic E-state index is 0. The Morgan fingerprint density at radius 3 is 0.167 bits per heavy atom. The van der Waals surface area contributed by atoms with E-state index in [4.69, 9.17) is 0 Å². The Morgan fingerprint density at radius 1 is 0.167 bits per heavy atom. The minimum atomic E-state index is 0. The van der Waals surface area contributed by atoms with Crippen LogP contribution in [0.3, 0.4) is 0 Å². The van der Waals surface area contributed by atoms with Crippen molar-refractivity contribution in [1.82, 2.24) is 0 Å². The Morgan fingerprint density at radius 2 is 0.167 bits per heavy atom. The standard InChI is InChI=1S/6ClH.6H2O/h6*1H;6*1H2. The van der Waals surface area contributed by atoms with Crippen LogP contribution in [-0.2, 0) is 0 Å². The van der Waals surface area contributed by atoms with Crippen molar-refractivity contribution in [2.45, 2.75) is 0 Å². The zero-order valence-electron chi connectivity index (χ0n) is 5.45. The van der Waals surface area contributed by atoms with E-state index >= 15 is 0 Å². The van der Waals surface area contributed by atoms with Crippen LogP contribution in [0, 0.1) is 0 Å². The highest BCUT2D eigenvalue weighted by molar-refractivity contribution is 5.86. The van der Waals surface area contributed by atoms with Gasteiger partial charge < -0.3 is 32.9 Å². The van der Waals surface area contributed by atoms with E-state index in [0.29, 0.717) is 0 Å². The molecule has 6 nitrogen and oxygen atoms in total. The summed E-state index contributed by atoms with van der Waals surface area (Å²) in [4.78, 5) is 0. The fourth-order valence-corrected chi connectivity index (χ4v) is 0. The first-order chi connectivity index (χ1) is 0. The summed E-state index contributed by atoms with van der Waals surface area (Å²) >= 11 is 0. The minimum Gasteiger partial charge on any atom is -0.412 e. The third kappa shape index (κ3) is 564. The van der Waals surface area contributed by atoms with Crippen LogP contribution in [0.4, 0.5) is 0 Å². The van der Waals surface area contributed by atoms with Gasteiger partial charge in [-0.05, 0) is 0 Å². The molecule has 0 amide bonds. The number of halogens is 6. The van der Waals surface area contributed by atoms with Gasteiger partial charge in [-0.15, -0.1) is 74.4 Å². The van der Waals surface area contributed by atoms with Gasteiger partial charge in [0.25, 0.3) is 0 Å². The summed E-state index contributed by atoms with van der Waals surface area (Å²) in [6.07, 6.45) is 0. The molecule has 0 atom stereocenters. The first-order valence-corrected chi connectivity index (χ1v) is 0. The molecule has 0 aliphatic carbocycles. The lowest BCUT2D eigenvalue weighted by atomic mass is 16.0. The molecular formula is H18Cl6O6. The van der Waals surface area contributed by atoms with Crippen LogP contribution in [-0.4, -0.2) is 32.9 Å². The third-order valence-corrected chi connectivity index (χ3v) is 0. The molecule has 0 aromatic rings. The van der Waals surface area contributed by atoms with Crippen LogP contribution in [0.2, 0.25) is 0 Å². The maximum absolute atomic E-state index is 0. The monoisotopic (exact) mass is 324 g/mol. The van der Waals surface area contributed by atoms with E-state index in [1.54, 1.807) is 0 Å². The second kappa shape index (κ2) is 735. The molecule has 0 unspecified atom stereocenters. The zero-order chi connectivity index (χ0) is 0. The SMILES string of the molecule is Cl.Cl.Cl.Cl.Cl.Cl.O.O.O.O.O.O. The molecule has 0 aromatic heterocycles. The van der Waals surface area contributed by atoms with Gasteiger partial charge >= 0.3 is 0 Å². The lowest BCUT2D eigenvalue weighted by Crippen LogP contribution is -0.290. The predicted octanol–water partition coefficient (Wildman–Crippen LogP) is -2.42. The highest BCUT2D eigenvalue weighted by Gasteiger charge is -0.141. The Kier molecular flexibility index (Phi) is 57400. The fraction of sp³-hybridized carbons (Fsp3) is 0. The Balaban J connectivity index is 0. The molecule has 0 aliphatic heterocycles. The lowest BCUT2D eigenvalue weighted by Gasteiger charge is -0.413. The lowest BCUT2D eigenvalue weighted by molar-refractivity contribution is 0.823. The third-order valence-electron chi connectivity index (χ3n) is 0. The quantitative estimate of drug-likeness (QED) is 0.458. The van der Waals surface area contributed by atoms with Crippen molar-refractivity contribution in [3.63, 3.8) is 0 Å². The van der Waals surface area contributed by atoms with Crippen LogP contribution >= 0.6 is 74.4 Å². The van der Waals surface area contributed by atoms with E-state index in [1.807, 2.05) is 0 Å². The molecule has 0 saturated carbocycles. The average Bonchev–Trinajstić information content (AvgIpc) is 0.